The molecule has 1 aliphatic heterocycles. The summed E-state index contributed by atoms with van der Waals surface area (Å²) < 4.78 is 0. The number of hydrogen-bond acceptors (Lipinski definition) is 3. The van der Waals surface area contributed by atoms with Gasteiger partial charge in [-0.05, 0) is 32.9 Å². The molecular weight excluding hydrogens is 222 g/mol. The van der Waals surface area contributed by atoms with Gasteiger partial charge < -0.3 is 10.4 Å². The Kier molecular flexibility index (Phi) is 2.42. The van der Waals surface area contributed by atoms with Crippen LogP contribution in [0.4, 0.5) is 5.69 Å². The molecule has 0 saturated carbocycles. The number of carbonyl (C=O) groups is 1. The van der Waals surface area contributed by atoms with Crippen molar-refractivity contribution < 1.29 is 9.90 Å². The maximum absolute atomic E-state index is 11.3. The van der Waals surface area contributed by atoms with Crippen LogP contribution in [0.3, 0.4) is 0 Å². The van der Waals surface area contributed by atoms with Crippen LogP contribution in [0.1, 0.15) is 20.8 Å². The van der Waals surface area contributed by atoms with Gasteiger partial charge in [0.2, 0.25) is 0 Å². The number of rotatable bonds is 2. The van der Waals surface area contributed by atoms with Crippen LogP contribution in [0.15, 0.2) is 29.2 Å². The molecule has 1 aromatic rings. The maximum Gasteiger partial charge on any atom is 0.312 e. The molecule has 0 radical (unpaired) electrons. The summed E-state index contributed by atoms with van der Waals surface area (Å²) in [6.45, 7) is 5.44. The molecule has 4 heteroatoms. The van der Waals surface area contributed by atoms with Crippen LogP contribution in [-0.4, -0.2) is 15.9 Å². The van der Waals surface area contributed by atoms with E-state index >= 15 is 0 Å². The number of thioether (sulfide) groups is 1. The summed E-state index contributed by atoms with van der Waals surface area (Å²) in [5.41, 5.74) is 0.181. The molecule has 1 aliphatic rings. The van der Waals surface area contributed by atoms with Gasteiger partial charge in [-0.2, -0.15) is 0 Å². The molecule has 2 rings (SSSR count). The Balaban J connectivity index is 2.37. The molecule has 1 heterocycles. The van der Waals surface area contributed by atoms with Crippen molar-refractivity contribution in [3.8, 4) is 0 Å². The number of aliphatic carboxylic acids is 1. The number of nitrogens with one attached hydrogen (secondary N) is 1. The minimum absolute atomic E-state index is 0.511. The SMILES string of the molecule is CC1(C(C)(C)C(=O)O)Nc2ccccc2S1. The Morgan fingerprint density at radius 1 is 1.44 bits per heavy atom. The first-order valence-electron chi connectivity index (χ1n) is 5.16. The molecule has 1 unspecified atom stereocenters. The lowest BCUT2D eigenvalue weighted by atomic mass is 9.84. The van der Waals surface area contributed by atoms with Crippen molar-refractivity contribution in [1.29, 1.82) is 0 Å². The Bertz CT molecular complexity index is 417. The number of hydrogen-bond donors (Lipinski definition) is 2. The van der Waals surface area contributed by atoms with Gasteiger partial charge in [0, 0.05) is 10.6 Å². The molecule has 0 bridgehead atoms. The van der Waals surface area contributed by atoms with E-state index in [9.17, 15) is 9.90 Å². The number of para-hydroxylation sites is 1. The van der Waals surface area contributed by atoms with Crippen molar-refractivity contribution in [3.05, 3.63) is 24.3 Å². The zero-order chi connectivity index (χ0) is 12.0. The van der Waals surface area contributed by atoms with Crippen molar-refractivity contribution >= 4 is 23.4 Å². The second-order valence-corrected chi connectivity index (χ2v) is 6.15. The van der Waals surface area contributed by atoms with Gasteiger partial charge in [-0.3, -0.25) is 4.79 Å². The van der Waals surface area contributed by atoms with E-state index in [1.54, 1.807) is 25.6 Å². The van der Waals surface area contributed by atoms with Crippen molar-refractivity contribution in [2.24, 2.45) is 5.41 Å². The first kappa shape index (κ1) is 11.3. The van der Waals surface area contributed by atoms with Crippen molar-refractivity contribution in [2.75, 3.05) is 5.32 Å². The number of benzene rings is 1. The lowest BCUT2D eigenvalue weighted by molar-refractivity contribution is -0.148. The Morgan fingerprint density at radius 3 is 2.62 bits per heavy atom. The number of carboxylic acids is 1. The van der Waals surface area contributed by atoms with E-state index in [1.807, 2.05) is 31.2 Å². The highest BCUT2D eigenvalue weighted by atomic mass is 32.2. The monoisotopic (exact) mass is 237 g/mol. The third-order valence-corrected chi connectivity index (χ3v) is 4.90. The van der Waals surface area contributed by atoms with Crippen molar-refractivity contribution in [2.45, 2.75) is 30.5 Å². The summed E-state index contributed by atoms with van der Waals surface area (Å²) in [4.78, 5) is 11.9. The van der Waals surface area contributed by atoms with E-state index in [-0.39, 0.29) is 0 Å². The molecule has 1 atom stereocenters. The minimum Gasteiger partial charge on any atom is -0.481 e. The van der Waals surface area contributed by atoms with E-state index in [0.29, 0.717) is 0 Å². The van der Waals surface area contributed by atoms with E-state index in [1.165, 1.54) is 0 Å². The highest BCUT2D eigenvalue weighted by Gasteiger charge is 2.50. The summed E-state index contributed by atoms with van der Waals surface area (Å²) in [5, 5.41) is 12.6. The van der Waals surface area contributed by atoms with E-state index in [0.717, 1.165) is 10.6 Å². The fraction of sp³-hybridized carbons (Fsp3) is 0.417. The molecule has 0 fully saturated rings. The topological polar surface area (TPSA) is 49.3 Å². The predicted molar refractivity (Wildman–Crippen MR) is 65.7 cm³/mol. The van der Waals surface area contributed by atoms with Crippen LogP contribution in [0, 0.1) is 5.41 Å². The van der Waals surface area contributed by atoms with E-state index in [2.05, 4.69) is 5.32 Å². The second kappa shape index (κ2) is 3.42. The van der Waals surface area contributed by atoms with Crippen LogP contribution in [0.2, 0.25) is 0 Å². The zero-order valence-electron chi connectivity index (χ0n) is 9.57. The molecule has 16 heavy (non-hydrogen) atoms. The smallest absolute Gasteiger partial charge is 0.312 e. The highest BCUT2D eigenvalue weighted by molar-refractivity contribution is 8.01. The Hall–Kier alpha value is -1.16. The zero-order valence-corrected chi connectivity index (χ0v) is 10.4. The molecule has 0 saturated heterocycles. The van der Waals surface area contributed by atoms with Crippen LogP contribution < -0.4 is 5.32 Å². The van der Waals surface area contributed by atoms with Crippen LogP contribution in [-0.2, 0) is 4.79 Å². The van der Waals surface area contributed by atoms with Gasteiger partial charge >= 0.3 is 5.97 Å². The van der Waals surface area contributed by atoms with E-state index < -0.39 is 16.3 Å². The number of carboxylic acid groups (broad SMARTS) is 1. The number of fused-ring (bicyclic) bond motifs is 1. The molecule has 3 nitrogen and oxygen atoms in total. The van der Waals surface area contributed by atoms with E-state index in [4.69, 9.17) is 0 Å². The lowest BCUT2D eigenvalue weighted by Crippen LogP contribution is -2.48. The first-order chi connectivity index (χ1) is 7.37. The van der Waals surface area contributed by atoms with Crippen molar-refractivity contribution in [1.82, 2.24) is 0 Å². The lowest BCUT2D eigenvalue weighted by Gasteiger charge is -2.37. The van der Waals surface area contributed by atoms with Crippen LogP contribution in [0.5, 0.6) is 0 Å². The molecule has 1 aromatic carbocycles. The Labute approximate surface area is 99.2 Å². The summed E-state index contributed by atoms with van der Waals surface area (Å²) >= 11 is 1.58. The normalized spacial score (nSPS) is 23.7. The molecule has 0 aliphatic carbocycles. The van der Waals surface area contributed by atoms with Gasteiger partial charge in [0.1, 0.15) is 4.87 Å². The van der Waals surface area contributed by atoms with Gasteiger partial charge in [0.15, 0.2) is 0 Å². The third-order valence-electron chi connectivity index (χ3n) is 3.30. The molecule has 2 N–H and O–H groups in total. The summed E-state index contributed by atoms with van der Waals surface area (Å²) in [6.07, 6.45) is 0. The average Bonchev–Trinajstić information content (AvgIpc) is 2.55. The van der Waals surface area contributed by atoms with Crippen molar-refractivity contribution in [3.63, 3.8) is 0 Å². The minimum atomic E-state index is -0.837. The number of anilines is 1. The highest BCUT2D eigenvalue weighted by Crippen LogP contribution is 2.53. The predicted octanol–water partition coefficient (Wildman–Crippen LogP) is 3.03. The molecule has 0 spiro atoms. The molecule has 0 aromatic heterocycles. The van der Waals surface area contributed by atoms with Gasteiger partial charge in [-0.15, -0.1) is 0 Å². The molecule has 86 valence electrons. The fourth-order valence-electron chi connectivity index (χ4n) is 1.65. The standard InChI is InChI=1S/C12H15NO2S/c1-11(2,10(14)15)12(3)13-8-6-4-5-7-9(8)16-12/h4-7,13H,1-3H3,(H,14,15). The average molecular weight is 237 g/mol. The van der Waals surface area contributed by atoms with Gasteiger partial charge in [-0.25, -0.2) is 0 Å². The molecule has 0 amide bonds. The summed E-state index contributed by atoms with van der Waals surface area (Å²) in [5.74, 6) is -0.789. The first-order valence-corrected chi connectivity index (χ1v) is 5.98. The van der Waals surface area contributed by atoms with Gasteiger partial charge in [-0.1, -0.05) is 23.9 Å². The Morgan fingerprint density at radius 2 is 2.06 bits per heavy atom. The quantitative estimate of drug-likeness (QED) is 0.830. The third kappa shape index (κ3) is 1.48. The summed E-state index contributed by atoms with van der Waals surface area (Å²) in [7, 11) is 0. The second-order valence-electron chi connectivity index (χ2n) is 4.69. The van der Waals surface area contributed by atoms with Gasteiger partial charge in [0.05, 0.1) is 5.41 Å². The summed E-state index contributed by atoms with van der Waals surface area (Å²) in [6, 6.07) is 7.90. The maximum atomic E-state index is 11.3. The molecular formula is C12H15NO2S. The van der Waals surface area contributed by atoms with Crippen LogP contribution in [0.25, 0.3) is 0 Å². The largest absolute Gasteiger partial charge is 0.481 e. The fourth-order valence-corrected chi connectivity index (χ4v) is 2.97. The van der Waals surface area contributed by atoms with Gasteiger partial charge in [0.25, 0.3) is 0 Å². The van der Waals surface area contributed by atoms with Crippen LogP contribution >= 0.6 is 11.8 Å².